The standard InChI is InChI=1S/C40H66O7S.K/c1-3-5-7-9-11-13-15-17-19-21-23-25-27-29-33-46-39(41)37-32-31-36(48(43,44)45)35-38(37)40(42)47-34-30-28-26-24-22-20-18-16-14-12-10-8-6-4-2;/h3-6,31-32,35H,7-30,33-34H2,1-2H3,(H,43,44,45);/q;+1/p-1/b5-3+,6-4+;. The Labute approximate surface area is 342 Å². The van der Waals surface area contributed by atoms with Crippen LogP contribution >= 0.6 is 0 Å². The third-order valence-corrected chi connectivity index (χ3v) is 9.52. The van der Waals surface area contributed by atoms with Crippen LogP contribution in [0.5, 0.6) is 0 Å². The Morgan fingerprint density at radius 2 is 0.878 bits per heavy atom. The van der Waals surface area contributed by atoms with Gasteiger partial charge in [0.2, 0.25) is 0 Å². The van der Waals surface area contributed by atoms with E-state index >= 15 is 0 Å². The van der Waals surface area contributed by atoms with E-state index in [2.05, 4.69) is 38.2 Å². The first-order chi connectivity index (χ1) is 23.3. The summed E-state index contributed by atoms with van der Waals surface area (Å²) >= 11 is 0. The van der Waals surface area contributed by atoms with Crippen LogP contribution in [0, 0.1) is 0 Å². The van der Waals surface area contributed by atoms with Gasteiger partial charge in [0.1, 0.15) is 10.1 Å². The Morgan fingerprint density at radius 3 is 1.22 bits per heavy atom. The molecule has 1 rings (SSSR count). The molecule has 0 aliphatic carbocycles. The summed E-state index contributed by atoms with van der Waals surface area (Å²) in [5.41, 5.74) is -0.344. The number of benzene rings is 1. The smallest absolute Gasteiger partial charge is 0.744 e. The van der Waals surface area contributed by atoms with Gasteiger partial charge in [0.05, 0.1) is 29.2 Å². The maximum Gasteiger partial charge on any atom is 1.00 e. The third-order valence-electron chi connectivity index (χ3n) is 8.69. The molecule has 0 aromatic heterocycles. The van der Waals surface area contributed by atoms with Crippen LogP contribution in [0.1, 0.15) is 189 Å². The van der Waals surface area contributed by atoms with E-state index in [9.17, 15) is 22.6 Å². The molecule has 0 saturated heterocycles. The molecular formula is C40H65KO7S. The first-order valence-corrected chi connectivity index (χ1v) is 20.4. The molecule has 0 heterocycles. The second kappa shape index (κ2) is 33.1. The van der Waals surface area contributed by atoms with E-state index in [-0.39, 0.29) is 75.7 Å². The number of unbranched alkanes of at least 4 members (excludes halogenated alkanes) is 22. The Balaban J connectivity index is 0.0000230. The van der Waals surface area contributed by atoms with Gasteiger partial charge in [0.25, 0.3) is 0 Å². The molecule has 274 valence electrons. The summed E-state index contributed by atoms with van der Waals surface area (Å²) in [4.78, 5) is 25.1. The molecule has 1 aromatic rings. The van der Waals surface area contributed by atoms with Crippen LogP contribution in [0.15, 0.2) is 47.4 Å². The van der Waals surface area contributed by atoms with Crippen LogP contribution in [0.2, 0.25) is 0 Å². The normalized spacial score (nSPS) is 11.7. The second-order valence-electron chi connectivity index (χ2n) is 12.9. The summed E-state index contributed by atoms with van der Waals surface area (Å²) in [6.45, 7) is 4.50. The maximum atomic E-state index is 12.9. The zero-order valence-corrected chi connectivity index (χ0v) is 35.1. The van der Waals surface area contributed by atoms with Gasteiger partial charge in [0.15, 0.2) is 0 Å². The van der Waals surface area contributed by atoms with Gasteiger partial charge in [0, 0.05) is 0 Å². The topological polar surface area (TPSA) is 110 Å². The Hall–Kier alpha value is -0.814. The molecule has 0 amide bonds. The number of rotatable bonds is 31. The zero-order chi connectivity index (χ0) is 35.1. The summed E-state index contributed by atoms with van der Waals surface area (Å²) in [5, 5.41) is 0. The SMILES string of the molecule is C/C=C/CCCCCCCCCCCCCOC(=O)c1ccc(S(=O)(=O)[O-])cc1C(=O)OCCCCCCCCCCCCC/C=C/C.[K+]. The number of hydrogen-bond donors (Lipinski definition) is 0. The van der Waals surface area contributed by atoms with Crippen LogP contribution in [0.4, 0.5) is 0 Å². The van der Waals surface area contributed by atoms with E-state index in [1.165, 1.54) is 103 Å². The van der Waals surface area contributed by atoms with Gasteiger partial charge in [-0.15, -0.1) is 0 Å². The fraction of sp³-hybridized carbons (Fsp3) is 0.700. The van der Waals surface area contributed by atoms with Crippen molar-refractivity contribution in [1.29, 1.82) is 0 Å². The molecule has 0 radical (unpaired) electrons. The molecule has 7 nitrogen and oxygen atoms in total. The van der Waals surface area contributed by atoms with Crippen molar-refractivity contribution >= 4 is 22.1 Å². The number of ether oxygens (including phenoxy) is 2. The molecule has 0 spiro atoms. The van der Waals surface area contributed by atoms with E-state index in [4.69, 9.17) is 9.47 Å². The summed E-state index contributed by atoms with van der Waals surface area (Å²) < 4.78 is 45.6. The monoisotopic (exact) mass is 728 g/mol. The quantitative estimate of drug-likeness (QED) is 0.0248. The second-order valence-corrected chi connectivity index (χ2v) is 14.3. The van der Waals surface area contributed by atoms with Crippen molar-refractivity contribution in [3.8, 4) is 0 Å². The molecule has 0 aliphatic rings. The Morgan fingerprint density at radius 1 is 0.551 bits per heavy atom. The largest absolute Gasteiger partial charge is 1.00 e. The number of allylic oxidation sites excluding steroid dienone is 4. The molecule has 49 heavy (non-hydrogen) atoms. The molecule has 0 unspecified atom stereocenters. The van der Waals surface area contributed by atoms with Crippen molar-refractivity contribution in [3.63, 3.8) is 0 Å². The average molecular weight is 729 g/mol. The van der Waals surface area contributed by atoms with Gasteiger partial charge in [-0.2, -0.15) is 0 Å². The minimum atomic E-state index is -4.81. The Kier molecular flexibility index (Phi) is 32.5. The first kappa shape index (κ1) is 48.2. The van der Waals surface area contributed by atoms with Gasteiger partial charge in [-0.05, 0) is 70.6 Å². The molecule has 0 saturated carbocycles. The van der Waals surface area contributed by atoms with E-state index in [0.717, 1.165) is 56.7 Å². The molecule has 0 atom stereocenters. The van der Waals surface area contributed by atoms with Crippen molar-refractivity contribution in [3.05, 3.63) is 53.6 Å². The third kappa shape index (κ3) is 26.6. The van der Waals surface area contributed by atoms with Crippen molar-refractivity contribution in [2.45, 2.75) is 173 Å². The zero-order valence-electron chi connectivity index (χ0n) is 31.2. The van der Waals surface area contributed by atoms with Gasteiger partial charge in [-0.1, -0.05) is 140 Å². The Bertz CT molecular complexity index is 1150. The van der Waals surface area contributed by atoms with Gasteiger partial charge >= 0.3 is 63.3 Å². The summed E-state index contributed by atoms with van der Waals surface area (Å²) in [7, 11) is -4.81. The van der Waals surface area contributed by atoms with Gasteiger partial charge < -0.3 is 14.0 Å². The fourth-order valence-corrected chi connectivity index (χ4v) is 6.25. The molecule has 0 aliphatic heterocycles. The predicted molar refractivity (Wildman–Crippen MR) is 195 cm³/mol. The van der Waals surface area contributed by atoms with Crippen molar-refractivity contribution in [2.24, 2.45) is 0 Å². The van der Waals surface area contributed by atoms with Crippen LogP contribution in [0.25, 0.3) is 0 Å². The minimum absolute atomic E-state index is 0. The van der Waals surface area contributed by atoms with E-state index in [1.807, 2.05) is 0 Å². The van der Waals surface area contributed by atoms with Crippen LogP contribution in [-0.2, 0) is 19.6 Å². The van der Waals surface area contributed by atoms with Crippen molar-refractivity contribution < 1.29 is 83.4 Å². The first-order valence-electron chi connectivity index (χ1n) is 19.0. The van der Waals surface area contributed by atoms with Crippen LogP contribution in [0.3, 0.4) is 0 Å². The predicted octanol–water partition coefficient (Wildman–Crippen LogP) is 8.42. The van der Waals surface area contributed by atoms with Crippen LogP contribution in [-0.4, -0.2) is 38.1 Å². The van der Waals surface area contributed by atoms with Crippen molar-refractivity contribution in [2.75, 3.05) is 13.2 Å². The van der Waals surface area contributed by atoms with Crippen molar-refractivity contribution in [1.82, 2.24) is 0 Å². The molecule has 0 bridgehead atoms. The minimum Gasteiger partial charge on any atom is -0.744 e. The number of carbonyl (C=O) groups excluding carboxylic acids is 2. The summed E-state index contributed by atoms with van der Waals surface area (Å²) in [6.07, 6.45) is 36.7. The van der Waals surface area contributed by atoms with E-state index < -0.39 is 27.0 Å². The molecule has 1 aromatic carbocycles. The molecular weight excluding hydrogens is 664 g/mol. The van der Waals surface area contributed by atoms with E-state index in [1.54, 1.807) is 0 Å². The maximum absolute atomic E-state index is 12.9. The molecule has 0 N–H and O–H groups in total. The number of hydrogen-bond acceptors (Lipinski definition) is 7. The fourth-order valence-electron chi connectivity index (χ4n) is 5.75. The number of esters is 2. The average Bonchev–Trinajstić information content (AvgIpc) is 3.07. The van der Waals surface area contributed by atoms with Gasteiger partial charge in [-0.3, -0.25) is 0 Å². The number of carbonyl (C=O) groups is 2. The van der Waals surface area contributed by atoms with Gasteiger partial charge in [-0.25, -0.2) is 18.0 Å². The summed E-state index contributed by atoms with van der Waals surface area (Å²) in [5.74, 6) is -1.55. The van der Waals surface area contributed by atoms with Crippen LogP contribution < -0.4 is 51.4 Å². The molecule has 9 heteroatoms. The summed E-state index contributed by atoms with van der Waals surface area (Å²) in [6, 6.07) is 3.12. The van der Waals surface area contributed by atoms with E-state index in [0.29, 0.717) is 12.8 Å². The molecule has 0 fully saturated rings.